The molecule has 1 saturated heterocycles. The van der Waals surface area contributed by atoms with Crippen LogP contribution < -0.4 is 22.1 Å². The Morgan fingerprint density at radius 1 is 1.06 bits per heavy atom. The number of para-hydroxylation sites is 1. The van der Waals surface area contributed by atoms with Gasteiger partial charge in [-0.1, -0.05) is 50.7 Å². The quantitative estimate of drug-likeness (QED) is 0.366. The van der Waals surface area contributed by atoms with Crippen LogP contribution in [-0.4, -0.2) is 33.5 Å². The predicted molar refractivity (Wildman–Crippen MR) is 133 cm³/mol. The van der Waals surface area contributed by atoms with E-state index >= 15 is 0 Å². The van der Waals surface area contributed by atoms with Crippen LogP contribution in [0.1, 0.15) is 94.7 Å². The Morgan fingerprint density at radius 2 is 1.82 bits per heavy atom. The van der Waals surface area contributed by atoms with Crippen molar-refractivity contribution in [3.8, 4) is 0 Å². The third-order valence-electron chi connectivity index (χ3n) is 7.52. The zero-order valence-electron chi connectivity index (χ0n) is 20.4. The summed E-state index contributed by atoms with van der Waals surface area (Å²) in [6.45, 7) is 0.735. The highest BCUT2D eigenvalue weighted by molar-refractivity contribution is 6.00. The summed E-state index contributed by atoms with van der Waals surface area (Å²) in [7, 11) is 1.79. The lowest BCUT2D eigenvalue weighted by Gasteiger charge is -2.29. The third-order valence-corrected chi connectivity index (χ3v) is 7.52. The fourth-order valence-corrected chi connectivity index (χ4v) is 5.71. The number of nitrogens with two attached hydrogens (primary N) is 1. The summed E-state index contributed by atoms with van der Waals surface area (Å²) >= 11 is 0. The van der Waals surface area contributed by atoms with E-state index in [0.717, 1.165) is 55.2 Å². The first-order valence-corrected chi connectivity index (χ1v) is 13.0. The topological polar surface area (TPSA) is 111 Å². The molecule has 8 nitrogen and oxygen atoms in total. The summed E-state index contributed by atoms with van der Waals surface area (Å²) in [6, 6.07) is 6.01. The van der Waals surface area contributed by atoms with Gasteiger partial charge in [0.2, 0.25) is 11.8 Å². The Balaban J connectivity index is 1.68. The van der Waals surface area contributed by atoms with Crippen molar-refractivity contribution in [1.29, 1.82) is 0 Å². The van der Waals surface area contributed by atoms with Gasteiger partial charge in [0.25, 0.3) is 0 Å². The SMILES string of the molecule is Cn1c(=O)n(C2CCC(=O)NC2=O)c2cccc(C(CCCCCCN)NC3CCCCC3)c21. The first kappa shape index (κ1) is 24.7. The molecule has 2 amide bonds. The summed E-state index contributed by atoms with van der Waals surface area (Å²) in [5.41, 5.74) is 8.22. The largest absolute Gasteiger partial charge is 0.330 e. The average molecular weight is 470 g/mol. The molecule has 8 heteroatoms. The molecule has 186 valence electrons. The van der Waals surface area contributed by atoms with Crippen LogP contribution in [0.4, 0.5) is 0 Å². The first-order valence-electron chi connectivity index (χ1n) is 13.0. The van der Waals surface area contributed by atoms with Gasteiger partial charge in [0.05, 0.1) is 11.0 Å². The Morgan fingerprint density at radius 3 is 2.56 bits per heavy atom. The van der Waals surface area contributed by atoms with Crippen molar-refractivity contribution < 1.29 is 9.59 Å². The van der Waals surface area contributed by atoms with E-state index in [2.05, 4.69) is 16.7 Å². The normalized spacial score (nSPS) is 20.6. The summed E-state index contributed by atoms with van der Waals surface area (Å²) in [4.78, 5) is 37.6. The van der Waals surface area contributed by atoms with Gasteiger partial charge in [-0.2, -0.15) is 0 Å². The molecule has 2 unspecified atom stereocenters. The highest BCUT2D eigenvalue weighted by atomic mass is 16.2. The van der Waals surface area contributed by atoms with Gasteiger partial charge in [-0.3, -0.25) is 24.0 Å². The molecular formula is C26H39N5O3. The second kappa shape index (κ2) is 11.3. The van der Waals surface area contributed by atoms with Crippen LogP contribution in [0.2, 0.25) is 0 Å². The lowest BCUT2D eigenvalue weighted by molar-refractivity contribution is -0.135. The Hall–Kier alpha value is -2.45. The molecule has 0 spiro atoms. The molecule has 1 aromatic heterocycles. The van der Waals surface area contributed by atoms with E-state index in [1.807, 2.05) is 12.1 Å². The van der Waals surface area contributed by atoms with Crippen molar-refractivity contribution in [3.05, 3.63) is 34.2 Å². The van der Waals surface area contributed by atoms with Crippen molar-refractivity contribution in [2.45, 2.75) is 95.2 Å². The molecule has 2 aromatic rings. The van der Waals surface area contributed by atoms with Crippen molar-refractivity contribution >= 4 is 22.8 Å². The number of carbonyl (C=O) groups is 2. The van der Waals surface area contributed by atoms with Gasteiger partial charge < -0.3 is 11.1 Å². The zero-order valence-corrected chi connectivity index (χ0v) is 20.4. The molecule has 0 bridgehead atoms. The number of benzene rings is 1. The third kappa shape index (κ3) is 5.28. The second-order valence-electron chi connectivity index (χ2n) is 9.94. The molecular weight excluding hydrogens is 430 g/mol. The molecule has 4 N–H and O–H groups in total. The number of imidazole rings is 1. The average Bonchev–Trinajstić information content (AvgIpc) is 3.09. The number of piperidine rings is 1. The van der Waals surface area contributed by atoms with Crippen molar-refractivity contribution in [2.24, 2.45) is 12.8 Å². The minimum absolute atomic E-state index is 0.146. The number of aromatic nitrogens is 2. The number of unbranched alkanes of at least 4 members (excludes halogenated alkanes) is 3. The van der Waals surface area contributed by atoms with Crippen LogP contribution in [0.25, 0.3) is 11.0 Å². The van der Waals surface area contributed by atoms with E-state index < -0.39 is 11.9 Å². The minimum atomic E-state index is -0.662. The van der Waals surface area contributed by atoms with E-state index in [-0.39, 0.29) is 24.1 Å². The van der Waals surface area contributed by atoms with E-state index in [1.54, 1.807) is 16.2 Å². The van der Waals surface area contributed by atoms with Gasteiger partial charge in [-0.05, 0) is 50.3 Å². The number of imide groups is 1. The number of hydrogen-bond acceptors (Lipinski definition) is 5. The number of aryl methyl sites for hydroxylation is 1. The van der Waals surface area contributed by atoms with E-state index in [4.69, 9.17) is 5.73 Å². The standard InChI is InChI=1S/C26H39N5O3/c1-30-24-19(20(13-7-2-3-8-17-27)28-18-10-5-4-6-11-18)12-9-14-21(24)31(26(30)34)22-15-16-23(32)29-25(22)33/h9,12,14,18,20,22,28H,2-8,10-11,13,15-17,27H2,1H3,(H,29,32,33). The number of amides is 2. The minimum Gasteiger partial charge on any atom is -0.330 e. The Kier molecular flexibility index (Phi) is 8.21. The molecule has 1 aliphatic heterocycles. The maximum absolute atomic E-state index is 13.3. The summed E-state index contributed by atoms with van der Waals surface area (Å²) < 4.78 is 3.26. The van der Waals surface area contributed by atoms with Gasteiger partial charge >= 0.3 is 5.69 Å². The molecule has 2 heterocycles. The van der Waals surface area contributed by atoms with Gasteiger partial charge in [0, 0.05) is 25.6 Å². The predicted octanol–water partition coefficient (Wildman–Crippen LogP) is 3.19. The molecule has 2 fully saturated rings. The van der Waals surface area contributed by atoms with Crippen LogP contribution >= 0.6 is 0 Å². The maximum Gasteiger partial charge on any atom is 0.329 e. The number of nitrogens with zero attached hydrogens (tertiary/aromatic N) is 2. The van der Waals surface area contributed by atoms with Crippen LogP contribution in [0, 0.1) is 0 Å². The first-order chi connectivity index (χ1) is 16.5. The number of rotatable bonds is 10. The number of hydrogen-bond donors (Lipinski definition) is 3. The Bertz CT molecular complexity index is 1070. The highest BCUT2D eigenvalue weighted by Gasteiger charge is 2.32. The van der Waals surface area contributed by atoms with Crippen LogP contribution in [0.3, 0.4) is 0 Å². The summed E-state index contributed by atoms with van der Waals surface area (Å²) in [5, 5.41) is 6.33. The van der Waals surface area contributed by atoms with Crippen molar-refractivity contribution in [1.82, 2.24) is 19.8 Å². The van der Waals surface area contributed by atoms with Gasteiger partial charge in [0.1, 0.15) is 6.04 Å². The monoisotopic (exact) mass is 469 g/mol. The molecule has 4 rings (SSSR count). The van der Waals surface area contributed by atoms with Crippen LogP contribution in [0.5, 0.6) is 0 Å². The summed E-state index contributed by atoms with van der Waals surface area (Å²) in [5.74, 6) is -0.672. The van der Waals surface area contributed by atoms with E-state index in [1.165, 1.54) is 32.1 Å². The number of carbonyl (C=O) groups excluding carboxylic acids is 2. The second-order valence-corrected chi connectivity index (χ2v) is 9.94. The number of nitrogens with one attached hydrogen (secondary N) is 2. The lowest BCUT2D eigenvalue weighted by atomic mass is 9.92. The van der Waals surface area contributed by atoms with E-state index in [9.17, 15) is 14.4 Å². The van der Waals surface area contributed by atoms with Gasteiger partial charge in [-0.25, -0.2) is 4.79 Å². The summed E-state index contributed by atoms with van der Waals surface area (Å²) in [6.07, 6.45) is 12.2. The molecule has 1 aliphatic carbocycles. The molecule has 1 aromatic carbocycles. The molecule has 0 radical (unpaired) electrons. The van der Waals surface area contributed by atoms with Gasteiger partial charge in [0.15, 0.2) is 0 Å². The molecule has 1 saturated carbocycles. The molecule has 34 heavy (non-hydrogen) atoms. The molecule has 2 atom stereocenters. The smallest absolute Gasteiger partial charge is 0.329 e. The maximum atomic E-state index is 13.3. The van der Waals surface area contributed by atoms with Gasteiger partial charge in [-0.15, -0.1) is 0 Å². The lowest BCUT2D eigenvalue weighted by Crippen LogP contribution is -2.44. The Labute approximate surface area is 201 Å². The van der Waals surface area contributed by atoms with E-state index in [0.29, 0.717) is 12.5 Å². The highest BCUT2D eigenvalue weighted by Crippen LogP contribution is 2.32. The van der Waals surface area contributed by atoms with Crippen LogP contribution in [-0.2, 0) is 16.6 Å². The van der Waals surface area contributed by atoms with Crippen LogP contribution in [0.15, 0.2) is 23.0 Å². The van der Waals surface area contributed by atoms with Crippen molar-refractivity contribution in [2.75, 3.05) is 6.54 Å². The van der Waals surface area contributed by atoms with Crippen molar-refractivity contribution in [3.63, 3.8) is 0 Å². The molecule has 2 aliphatic rings. The zero-order chi connectivity index (χ0) is 24.1. The fourth-order valence-electron chi connectivity index (χ4n) is 5.71. The number of fused-ring (bicyclic) bond motifs is 1. The fraction of sp³-hybridized carbons (Fsp3) is 0.654.